The van der Waals surface area contributed by atoms with Gasteiger partial charge in [-0.25, -0.2) is 0 Å². The van der Waals surface area contributed by atoms with Gasteiger partial charge in [0.25, 0.3) is 0 Å². The average molecular weight is 389 g/mol. The maximum Gasteiger partial charge on any atom is 0.0662 e. The molecule has 3 nitrogen and oxygen atoms in total. The molecule has 0 rings (SSSR count). The van der Waals surface area contributed by atoms with E-state index in [9.17, 15) is 0 Å². The summed E-state index contributed by atoms with van der Waals surface area (Å²) in [6.07, 6.45) is 0.750. The van der Waals surface area contributed by atoms with E-state index in [2.05, 4.69) is 105 Å². The van der Waals surface area contributed by atoms with E-state index in [1.54, 1.807) is 0 Å². The lowest BCUT2D eigenvalue weighted by atomic mass is 10.4. The minimum atomic E-state index is -0.125. The summed E-state index contributed by atoms with van der Waals surface area (Å²) in [5.41, 5.74) is 0. The molecule has 0 atom stereocenters. The van der Waals surface area contributed by atoms with Crippen molar-refractivity contribution in [2.75, 3.05) is 13.2 Å². The van der Waals surface area contributed by atoms with Crippen molar-refractivity contribution < 1.29 is 14.9 Å². The van der Waals surface area contributed by atoms with Gasteiger partial charge in [0.2, 0.25) is 0 Å². The van der Waals surface area contributed by atoms with E-state index in [0.717, 1.165) is 0 Å². The van der Waals surface area contributed by atoms with Crippen LogP contribution in [-0.4, -0.2) is 35.6 Å². The Morgan fingerprint density at radius 3 is 0.556 bits per heavy atom. The van der Waals surface area contributed by atoms with Crippen molar-refractivity contribution >= 4 is 0 Å². The van der Waals surface area contributed by atoms with Crippen LogP contribution in [0.2, 0.25) is 0 Å². The molecule has 0 fully saturated rings. The van der Waals surface area contributed by atoms with Gasteiger partial charge in [0.15, 0.2) is 0 Å². The largest absolute Gasteiger partial charge is 0.394 e. The summed E-state index contributed by atoms with van der Waals surface area (Å²) < 4.78 is 5.25. The van der Waals surface area contributed by atoms with Crippen LogP contribution in [0.15, 0.2) is 105 Å². The lowest BCUT2D eigenvalue weighted by Crippen LogP contribution is -2.09. The van der Waals surface area contributed by atoms with Crippen molar-refractivity contribution in [1.29, 1.82) is 0 Å². The molecule has 0 aliphatic carbocycles. The summed E-state index contributed by atoms with van der Waals surface area (Å²) in [4.78, 5) is 0. The highest BCUT2D eigenvalue weighted by Gasteiger charge is 1.94. The molecule has 0 radical (unpaired) electrons. The molecule has 0 heterocycles. The highest BCUT2D eigenvalue weighted by Crippen LogP contribution is 1.93. The average Bonchev–Trinajstić information content (AvgIpc) is 2.78. The molecular weight excluding hydrogens is 336 g/mol. The normalized spacial score (nSPS) is 5.19. The van der Waals surface area contributed by atoms with Gasteiger partial charge in [-0.15, -0.1) is 105 Å². The van der Waals surface area contributed by atoms with Crippen LogP contribution in [0.1, 0.15) is 27.7 Å². The van der Waals surface area contributed by atoms with Gasteiger partial charge in [0.1, 0.15) is 0 Å². The second-order valence-electron chi connectivity index (χ2n) is 2.68. The molecule has 166 valence electrons. The van der Waals surface area contributed by atoms with E-state index in [1.165, 1.54) is 0 Å². The molecule has 0 bridgehead atoms. The van der Waals surface area contributed by atoms with Gasteiger partial charge in [-0.05, 0) is 27.7 Å². The minimum absolute atomic E-state index is 0.125. The van der Waals surface area contributed by atoms with Crippen molar-refractivity contribution in [2.45, 2.75) is 39.9 Å². The molecule has 0 aromatic rings. The van der Waals surface area contributed by atoms with Crippen molar-refractivity contribution in [3.63, 3.8) is 0 Å². The minimum Gasteiger partial charge on any atom is -0.394 e. The Bertz CT molecular complexity index is 117. The third-order valence-corrected chi connectivity index (χ3v) is 0.644. The van der Waals surface area contributed by atoms with Gasteiger partial charge in [-0.2, -0.15) is 0 Å². The lowest BCUT2D eigenvalue weighted by molar-refractivity contribution is 0.0300. The van der Waals surface area contributed by atoms with E-state index in [0.29, 0.717) is 12.2 Å². The van der Waals surface area contributed by atoms with Crippen LogP contribution in [-0.2, 0) is 4.74 Å². The van der Waals surface area contributed by atoms with Gasteiger partial charge in [0.05, 0.1) is 25.4 Å². The molecular formula is C24H52O3. The van der Waals surface area contributed by atoms with E-state index in [1.807, 2.05) is 27.7 Å². The Hall–Kier alpha value is -2.20. The fraction of sp³-hybridized carbons (Fsp3) is 0.333. The molecule has 0 aromatic heterocycles. The van der Waals surface area contributed by atoms with Gasteiger partial charge >= 0.3 is 0 Å². The molecule has 0 amide bonds. The SMILES string of the molecule is C=C.C=C.C=C.C=C.C=C.C=C.C=C.C=C.CC(C)OC(C)C.OCCO. The van der Waals surface area contributed by atoms with Crippen LogP contribution in [0.5, 0.6) is 0 Å². The van der Waals surface area contributed by atoms with Crippen LogP contribution in [0.4, 0.5) is 0 Å². The quantitative estimate of drug-likeness (QED) is 0.502. The summed E-state index contributed by atoms with van der Waals surface area (Å²) >= 11 is 0. The molecule has 0 aromatic carbocycles. The molecule has 2 N–H and O–H groups in total. The zero-order valence-electron chi connectivity index (χ0n) is 19.2. The van der Waals surface area contributed by atoms with Crippen LogP contribution in [0.3, 0.4) is 0 Å². The number of rotatable bonds is 3. The zero-order chi connectivity index (χ0) is 25.3. The topological polar surface area (TPSA) is 49.7 Å². The summed E-state index contributed by atoms with van der Waals surface area (Å²) in [6, 6.07) is 0. The first-order valence-electron chi connectivity index (χ1n) is 7.91. The molecule has 3 heteroatoms. The number of hydrogen-bond acceptors (Lipinski definition) is 3. The maximum atomic E-state index is 7.62. The molecule has 0 unspecified atom stereocenters. The molecule has 0 saturated heterocycles. The first-order chi connectivity index (χ1) is 13.0. The molecule has 0 aliphatic rings. The highest BCUT2D eigenvalue weighted by atomic mass is 16.5. The zero-order valence-corrected chi connectivity index (χ0v) is 19.2. The Kier molecular flexibility index (Phi) is 636. The smallest absolute Gasteiger partial charge is 0.0662 e. The van der Waals surface area contributed by atoms with Crippen LogP contribution >= 0.6 is 0 Å². The standard InChI is InChI=1S/C6H14O.C2H6O2.8C2H4/c1-5(2)7-6(3)4;3-1-2-4;8*1-2/h5-6H,1-4H3;3-4H,1-2H2;8*1-2H2. The Balaban J connectivity index is -0.0000000159. The fourth-order valence-corrected chi connectivity index (χ4v) is 0.544. The molecule has 0 aliphatic heterocycles. The fourth-order valence-electron chi connectivity index (χ4n) is 0.544. The van der Waals surface area contributed by atoms with Gasteiger partial charge in [-0.3, -0.25) is 0 Å². The number of aliphatic hydroxyl groups is 2. The van der Waals surface area contributed by atoms with E-state index in [4.69, 9.17) is 14.9 Å². The third-order valence-electron chi connectivity index (χ3n) is 0.644. The first-order valence-corrected chi connectivity index (χ1v) is 7.91. The number of hydrogen-bond donors (Lipinski definition) is 2. The molecule has 0 saturated carbocycles. The second kappa shape index (κ2) is 268. The lowest BCUT2D eigenvalue weighted by Gasteiger charge is -2.09. The van der Waals surface area contributed by atoms with E-state index < -0.39 is 0 Å². The third kappa shape index (κ3) is 1440. The summed E-state index contributed by atoms with van der Waals surface area (Å²) in [7, 11) is 0. The van der Waals surface area contributed by atoms with Gasteiger partial charge in [0, 0.05) is 0 Å². The molecule has 0 spiro atoms. The van der Waals surface area contributed by atoms with Crippen molar-refractivity contribution in [2.24, 2.45) is 0 Å². The Labute approximate surface area is 173 Å². The van der Waals surface area contributed by atoms with Crippen molar-refractivity contribution in [3.8, 4) is 0 Å². The van der Waals surface area contributed by atoms with Crippen LogP contribution in [0, 0.1) is 0 Å². The number of aliphatic hydroxyl groups excluding tert-OH is 2. The monoisotopic (exact) mass is 388 g/mol. The summed E-state index contributed by atoms with van der Waals surface area (Å²) in [6.45, 7) is 55.9. The van der Waals surface area contributed by atoms with Crippen LogP contribution in [0.25, 0.3) is 0 Å². The van der Waals surface area contributed by atoms with Crippen molar-refractivity contribution in [1.82, 2.24) is 0 Å². The van der Waals surface area contributed by atoms with Crippen LogP contribution < -0.4 is 0 Å². The van der Waals surface area contributed by atoms with Crippen molar-refractivity contribution in [3.05, 3.63) is 105 Å². The number of ether oxygens (including phenoxy) is 1. The van der Waals surface area contributed by atoms with E-state index >= 15 is 0 Å². The Morgan fingerprint density at radius 2 is 0.556 bits per heavy atom. The predicted molar refractivity (Wildman–Crippen MR) is 136 cm³/mol. The maximum absolute atomic E-state index is 7.62. The highest BCUT2D eigenvalue weighted by molar-refractivity contribution is 4.40. The van der Waals surface area contributed by atoms with Gasteiger partial charge < -0.3 is 14.9 Å². The summed E-state index contributed by atoms with van der Waals surface area (Å²) in [5.74, 6) is 0. The summed E-state index contributed by atoms with van der Waals surface area (Å²) in [5, 5.41) is 15.2. The predicted octanol–water partition coefficient (Wildman–Crippen LogP) is 7.21. The van der Waals surface area contributed by atoms with Gasteiger partial charge in [-0.1, -0.05) is 0 Å². The molecule has 27 heavy (non-hydrogen) atoms. The second-order valence-corrected chi connectivity index (χ2v) is 2.68. The first kappa shape index (κ1) is 64.1. The Morgan fingerprint density at radius 1 is 0.444 bits per heavy atom. The van der Waals surface area contributed by atoms with E-state index in [-0.39, 0.29) is 13.2 Å².